The lowest BCUT2D eigenvalue weighted by Gasteiger charge is -2.11. The smallest absolute Gasteiger partial charge is 0.226 e. The Balaban J connectivity index is 1.37. The summed E-state index contributed by atoms with van der Waals surface area (Å²) in [6.07, 6.45) is 5.88. The number of aryl methyl sites for hydroxylation is 3. The first kappa shape index (κ1) is 23.2. The monoisotopic (exact) mass is 456 g/mol. The topological polar surface area (TPSA) is 74.5 Å². The molecule has 34 heavy (non-hydrogen) atoms. The molecule has 0 aliphatic carbocycles. The van der Waals surface area contributed by atoms with E-state index < -0.39 is 0 Å². The van der Waals surface area contributed by atoms with Crippen LogP contribution in [0.2, 0.25) is 0 Å². The molecule has 0 aliphatic rings. The van der Waals surface area contributed by atoms with Gasteiger partial charge in [0.25, 0.3) is 0 Å². The van der Waals surface area contributed by atoms with Crippen LogP contribution in [0.5, 0.6) is 11.5 Å². The highest BCUT2D eigenvalue weighted by Gasteiger charge is 2.14. The summed E-state index contributed by atoms with van der Waals surface area (Å²) in [5.74, 6) is 1.78. The normalized spacial score (nSPS) is 10.8. The van der Waals surface area contributed by atoms with E-state index in [1.54, 1.807) is 19.6 Å². The molecule has 0 radical (unpaired) electrons. The van der Waals surface area contributed by atoms with Gasteiger partial charge in [-0.25, -0.2) is 4.98 Å². The lowest BCUT2D eigenvalue weighted by Crippen LogP contribution is -2.06. The van der Waals surface area contributed by atoms with E-state index in [0.29, 0.717) is 42.5 Å². The van der Waals surface area contributed by atoms with Crippen molar-refractivity contribution in [3.8, 4) is 23.0 Å². The second kappa shape index (κ2) is 11.3. The van der Waals surface area contributed by atoms with Gasteiger partial charge in [0.1, 0.15) is 12.0 Å². The van der Waals surface area contributed by atoms with Gasteiger partial charge in [0, 0.05) is 24.6 Å². The number of carbonyl (C=O) groups is 1. The molecule has 0 unspecified atom stereocenters. The zero-order valence-corrected chi connectivity index (χ0v) is 19.5. The predicted molar refractivity (Wildman–Crippen MR) is 130 cm³/mol. The Morgan fingerprint density at radius 1 is 1.00 bits per heavy atom. The van der Waals surface area contributed by atoms with Crippen molar-refractivity contribution in [2.24, 2.45) is 0 Å². The van der Waals surface area contributed by atoms with Crippen LogP contribution in [0.4, 0.5) is 0 Å². The Kier molecular flexibility index (Phi) is 7.71. The standard InChI is InChI=1S/C28H28N2O4/c1-20-8-6-16-29-27(20)24(31)14-13-23-19-34-28(30-23)22-12-15-25(32-2)26(18-22)33-17-7-11-21-9-4-3-5-10-21/h3-6,8-10,12,15-16,18-19H,7,11,13-14,17H2,1-2H3. The molecule has 2 heterocycles. The molecule has 0 N–H and O–H groups in total. The molecule has 6 heteroatoms. The molecule has 174 valence electrons. The van der Waals surface area contributed by atoms with Crippen molar-refractivity contribution in [2.75, 3.05) is 13.7 Å². The van der Waals surface area contributed by atoms with E-state index >= 15 is 0 Å². The Morgan fingerprint density at radius 3 is 2.65 bits per heavy atom. The highest BCUT2D eigenvalue weighted by atomic mass is 16.5. The highest BCUT2D eigenvalue weighted by molar-refractivity contribution is 5.95. The van der Waals surface area contributed by atoms with Crippen molar-refractivity contribution >= 4 is 5.78 Å². The third-order valence-electron chi connectivity index (χ3n) is 5.55. The zero-order valence-electron chi connectivity index (χ0n) is 19.5. The van der Waals surface area contributed by atoms with Crippen molar-refractivity contribution in [1.82, 2.24) is 9.97 Å². The second-order valence-electron chi connectivity index (χ2n) is 8.04. The third-order valence-corrected chi connectivity index (χ3v) is 5.55. The molecule has 0 bridgehead atoms. The average molecular weight is 457 g/mol. The highest BCUT2D eigenvalue weighted by Crippen LogP contribution is 2.32. The summed E-state index contributed by atoms with van der Waals surface area (Å²) in [5, 5.41) is 0. The zero-order chi connectivity index (χ0) is 23.8. The van der Waals surface area contributed by atoms with Gasteiger partial charge in [0.15, 0.2) is 17.3 Å². The van der Waals surface area contributed by atoms with Crippen molar-refractivity contribution in [1.29, 1.82) is 0 Å². The summed E-state index contributed by atoms with van der Waals surface area (Å²) in [6.45, 7) is 2.46. The van der Waals surface area contributed by atoms with E-state index in [1.165, 1.54) is 5.56 Å². The van der Waals surface area contributed by atoms with Crippen LogP contribution in [-0.4, -0.2) is 29.5 Å². The van der Waals surface area contributed by atoms with E-state index in [0.717, 1.165) is 29.7 Å². The van der Waals surface area contributed by atoms with Crippen LogP contribution in [0.25, 0.3) is 11.5 Å². The molecule has 4 rings (SSSR count). The van der Waals surface area contributed by atoms with Crippen LogP contribution >= 0.6 is 0 Å². The van der Waals surface area contributed by atoms with Crippen molar-refractivity contribution in [2.45, 2.75) is 32.6 Å². The quantitative estimate of drug-likeness (QED) is 0.207. The number of nitrogens with zero attached hydrogens (tertiary/aromatic N) is 2. The maximum atomic E-state index is 12.5. The number of oxazole rings is 1. The van der Waals surface area contributed by atoms with E-state index in [1.807, 2.05) is 55.5 Å². The lowest BCUT2D eigenvalue weighted by atomic mass is 10.1. The van der Waals surface area contributed by atoms with Gasteiger partial charge >= 0.3 is 0 Å². The first-order chi connectivity index (χ1) is 16.6. The van der Waals surface area contributed by atoms with Gasteiger partial charge < -0.3 is 13.9 Å². The predicted octanol–water partition coefficient (Wildman–Crippen LogP) is 5.88. The number of hydrogen-bond acceptors (Lipinski definition) is 6. The van der Waals surface area contributed by atoms with E-state index in [9.17, 15) is 4.79 Å². The molecule has 4 aromatic rings. The molecule has 0 atom stereocenters. The fraction of sp³-hybridized carbons (Fsp3) is 0.250. The number of ether oxygens (including phenoxy) is 2. The number of benzene rings is 2. The third kappa shape index (κ3) is 5.90. The average Bonchev–Trinajstić information content (AvgIpc) is 3.35. The molecular weight excluding hydrogens is 428 g/mol. The number of hydrogen-bond donors (Lipinski definition) is 0. The van der Waals surface area contributed by atoms with Crippen molar-refractivity contribution in [3.05, 3.63) is 95.6 Å². The maximum absolute atomic E-state index is 12.5. The summed E-state index contributed by atoms with van der Waals surface area (Å²) in [5.41, 5.74) is 4.18. The fourth-order valence-electron chi connectivity index (χ4n) is 3.72. The number of pyridine rings is 1. The number of Topliss-reactive ketones (excluding diaryl/α,β-unsaturated/α-hetero) is 1. The minimum absolute atomic E-state index is 0.00159. The van der Waals surface area contributed by atoms with Gasteiger partial charge in [0.2, 0.25) is 5.89 Å². The molecule has 6 nitrogen and oxygen atoms in total. The SMILES string of the molecule is COc1ccc(-c2nc(CCC(=O)c3ncccc3C)co2)cc1OCCCc1ccccc1. The van der Waals surface area contributed by atoms with Gasteiger partial charge in [0.05, 0.1) is 19.4 Å². The van der Waals surface area contributed by atoms with Crippen LogP contribution in [-0.2, 0) is 12.8 Å². The minimum Gasteiger partial charge on any atom is -0.493 e. The van der Waals surface area contributed by atoms with Crippen LogP contribution in [0.15, 0.2) is 77.5 Å². The molecule has 0 fully saturated rings. The van der Waals surface area contributed by atoms with E-state index in [4.69, 9.17) is 13.9 Å². The summed E-state index contributed by atoms with van der Waals surface area (Å²) < 4.78 is 17.2. The summed E-state index contributed by atoms with van der Waals surface area (Å²) in [4.78, 5) is 21.3. The fourth-order valence-corrected chi connectivity index (χ4v) is 3.72. The van der Waals surface area contributed by atoms with E-state index in [2.05, 4.69) is 22.1 Å². The van der Waals surface area contributed by atoms with Crippen LogP contribution in [0.1, 0.15) is 40.2 Å². The van der Waals surface area contributed by atoms with Gasteiger partial charge in [-0.15, -0.1) is 0 Å². The van der Waals surface area contributed by atoms with Gasteiger partial charge in [-0.05, 0) is 55.2 Å². The molecule has 0 saturated carbocycles. The van der Waals surface area contributed by atoms with Gasteiger partial charge in [-0.3, -0.25) is 9.78 Å². The summed E-state index contributed by atoms with van der Waals surface area (Å²) >= 11 is 0. The molecule has 0 saturated heterocycles. The molecular formula is C28H28N2O4. The Bertz CT molecular complexity index is 1230. The number of methoxy groups -OCH3 is 1. The first-order valence-electron chi connectivity index (χ1n) is 11.4. The van der Waals surface area contributed by atoms with E-state index in [-0.39, 0.29) is 5.78 Å². The number of rotatable bonds is 11. The number of ketones is 1. The van der Waals surface area contributed by atoms with Crippen molar-refractivity contribution in [3.63, 3.8) is 0 Å². The van der Waals surface area contributed by atoms with Crippen molar-refractivity contribution < 1.29 is 18.7 Å². The molecule has 0 spiro atoms. The number of aromatic nitrogens is 2. The first-order valence-corrected chi connectivity index (χ1v) is 11.4. The number of carbonyl (C=O) groups excluding carboxylic acids is 1. The maximum Gasteiger partial charge on any atom is 0.226 e. The molecule has 0 aliphatic heterocycles. The largest absolute Gasteiger partial charge is 0.493 e. The molecule has 0 amide bonds. The van der Waals surface area contributed by atoms with Crippen LogP contribution in [0.3, 0.4) is 0 Å². The second-order valence-corrected chi connectivity index (χ2v) is 8.04. The Hall–Kier alpha value is -3.93. The van der Waals surface area contributed by atoms with Gasteiger partial charge in [-0.2, -0.15) is 0 Å². The Labute approximate surface area is 199 Å². The Morgan fingerprint density at radius 2 is 1.85 bits per heavy atom. The molecule has 2 aromatic heterocycles. The molecule has 2 aromatic carbocycles. The minimum atomic E-state index is -0.00159. The summed E-state index contributed by atoms with van der Waals surface area (Å²) in [6, 6.07) is 19.7. The lowest BCUT2D eigenvalue weighted by molar-refractivity contribution is 0.0977. The van der Waals surface area contributed by atoms with Crippen LogP contribution < -0.4 is 9.47 Å². The van der Waals surface area contributed by atoms with Gasteiger partial charge in [-0.1, -0.05) is 36.4 Å². The van der Waals surface area contributed by atoms with Crippen LogP contribution in [0, 0.1) is 6.92 Å². The summed E-state index contributed by atoms with van der Waals surface area (Å²) in [7, 11) is 1.62.